The molecule has 0 saturated carbocycles. The van der Waals surface area contributed by atoms with Crippen LogP contribution in [0.4, 0.5) is 5.69 Å². The minimum absolute atomic E-state index is 0.0560. The highest BCUT2D eigenvalue weighted by Crippen LogP contribution is 2.25. The van der Waals surface area contributed by atoms with Crippen LogP contribution in [0.2, 0.25) is 0 Å². The van der Waals surface area contributed by atoms with Crippen molar-refractivity contribution < 1.29 is 28.7 Å². The van der Waals surface area contributed by atoms with E-state index in [-0.39, 0.29) is 23.5 Å². The van der Waals surface area contributed by atoms with Gasteiger partial charge in [-0.1, -0.05) is 42.0 Å². The number of hydrogen-bond acceptors (Lipinski definition) is 6. The van der Waals surface area contributed by atoms with Gasteiger partial charge in [-0.15, -0.1) is 0 Å². The molecule has 0 bridgehead atoms. The molecule has 3 aromatic rings. The molecule has 0 spiro atoms. The molecule has 8 heteroatoms. The Morgan fingerprint density at radius 1 is 0.778 bits per heavy atom. The normalized spacial score (nSPS) is 10.3. The van der Waals surface area contributed by atoms with Gasteiger partial charge in [0.25, 0.3) is 5.91 Å². The Hall–Kier alpha value is -4.46. The predicted molar refractivity (Wildman–Crippen MR) is 135 cm³/mol. The van der Waals surface area contributed by atoms with Crippen LogP contribution in [0.3, 0.4) is 0 Å². The molecule has 0 aliphatic rings. The van der Waals surface area contributed by atoms with Gasteiger partial charge in [-0.3, -0.25) is 14.4 Å². The average molecular weight is 489 g/mol. The highest BCUT2D eigenvalue weighted by molar-refractivity contribution is 6.15. The molecular formula is C28H28N2O6. The zero-order chi connectivity index (χ0) is 26.2. The van der Waals surface area contributed by atoms with E-state index < -0.39 is 24.4 Å². The molecule has 0 atom stereocenters. The van der Waals surface area contributed by atoms with Crippen LogP contribution in [0.1, 0.15) is 43.0 Å². The molecule has 0 fully saturated rings. The first-order chi connectivity index (χ1) is 17.2. The summed E-state index contributed by atoms with van der Waals surface area (Å²) < 4.78 is 10.3. The summed E-state index contributed by atoms with van der Waals surface area (Å²) in [6, 6.07) is 17.1. The molecule has 3 aromatic carbocycles. The van der Waals surface area contributed by atoms with Gasteiger partial charge in [0, 0.05) is 11.1 Å². The van der Waals surface area contributed by atoms with E-state index in [1.54, 1.807) is 36.4 Å². The molecule has 0 radical (unpaired) electrons. The number of ketones is 1. The third-order valence-corrected chi connectivity index (χ3v) is 5.44. The molecule has 0 aliphatic carbocycles. The van der Waals surface area contributed by atoms with Crippen molar-refractivity contribution in [2.45, 2.75) is 20.8 Å². The van der Waals surface area contributed by atoms with E-state index in [9.17, 15) is 19.2 Å². The first-order valence-electron chi connectivity index (χ1n) is 11.3. The summed E-state index contributed by atoms with van der Waals surface area (Å²) in [5.74, 6) is -1.76. The second-order valence-corrected chi connectivity index (χ2v) is 8.30. The lowest BCUT2D eigenvalue weighted by Gasteiger charge is -2.12. The maximum Gasteiger partial charge on any atom is 0.339 e. The molecule has 2 N–H and O–H groups in total. The largest absolute Gasteiger partial charge is 0.495 e. The quantitative estimate of drug-likeness (QED) is 0.351. The van der Waals surface area contributed by atoms with Crippen LogP contribution >= 0.6 is 0 Å². The van der Waals surface area contributed by atoms with E-state index in [1.807, 2.05) is 39.0 Å². The SMILES string of the molecule is COc1ccc(C)cc1NC(=O)CNC(=O)COC(=O)c1ccccc1C(=O)c1cc(C)ccc1C. The van der Waals surface area contributed by atoms with Crippen molar-refractivity contribution >= 4 is 29.3 Å². The van der Waals surface area contributed by atoms with Gasteiger partial charge < -0.3 is 20.1 Å². The van der Waals surface area contributed by atoms with Crippen LogP contribution in [0.15, 0.2) is 60.7 Å². The van der Waals surface area contributed by atoms with Gasteiger partial charge in [-0.25, -0.2) is 4.79 Å². The van der Waals surface area contributed by atoms with Crippen LogP contribution in [-0.4, -0.2) is 43.8 Å². The van der Waals surface area contributed by atoms with Crippen LogP contribution < -0.4 is 15.4 Å². The van der Waals surface area contributed by atoms with Gasteiger partial charge in [0.15, 0.2) is 12.4 Å². The fourth-order valence-electron chi connectivity index (χ4n) is 3.54. The van der Waals surface area contributed by atoms with E-state index >= 15 is 0 Å². The number of amides is 2. The standard InChI is InChI=1S/C28H28N2O6/c1-17-9-11-19(3)22(13-17)27(33)20-7-5-6-8-21(20)28(34)36-16-26(32)29-15-25(31)30-23-14-18(2)10-12-24(23)35-4/h5-14H,15-16H2,1-4H3,(H,29,32)(H,30,31). The predicted octanol–water partition coefficient (Wildman–Crippen LogP) is 3.76. The Kier molecular flexibility index (Phi) is 8.57. The summed E-state index contributed by atoms with van der Waals surface area (Å²) in [7, 11) is 1.49. The zero-order valence-corrected chi connectivity index (χ0v) is 20.6. The van der Waals surface area contributed by atoms with Crippen molar-refractivity contribution in [2.24, 2.45) is 0 Å². The van der Waals surface area contributed by atoms with Crippen molar-refractivity contribution in [3.63, 3.8) is 0 Å². The fraction of sp³-hybridized carbons (Fsp3) is 0.214. The summed E-state index contributed by atoms with van der Waals surface area (Å²) in [6.07, 6.45) is 0. The third kappa shape index (κ3) is 6.56. The average Bonchev–Trinajstić information content (AvgIpc) is 2.87. The van der Waals surface area contributed by atoms with E-state index in [1.165, 1.54) is 13.2 Å². The highest BCUT2D eigenvalue weighted by atomic mass is 16.5. The molecule has 36 heavy (non-hydrogen) atoms. The van der Waals surface area contributed by atoms with E-state index in [0.717, 1.165) is 16.7 Å². The molecule has 0 heterocycles. The molecule has 3 rings (SSSR count). The van der Waals surface area contributed by atoms with E-state index in [2.05, 4.69) is 10.6 Å². The van der Waals surface area contributed by atoms with E-state index in [4.69, 9.17) is 9.47 Å². The minimum Gasteiger partial charge on any atom is -0.495 e. The van der Waals surface area contributed by atoms with Gasteiger partial charge >= 0.3 is 5.97 Å². The Bertz CT molecular complexity index is 1320. The number of aryl methyl sites for hydroxylation is 3. The summed E-state index contributed by atoms with van der Waals surface area (Å²) in [6.45, 7) is 4.65. The van der Waals surface area contributed by atoms with Gasteiger partial charge in [0.2, 0.25) is 5.91 Å². The van der Waals surface area contributed by atoms with Gasteiger partial charge in [0.1, 0.15) is 5.75 Å². The number of benzene rings is 3. The van der Waals surface area contributed by atoms with Crippen LogP contribution in [-0.2, 0) is 14.3 Å². The summed E-state index contributed by atoms with van der Waals surface area (Å²) in [5, 5.41) is 5.07. The van der Waals surface area contributed by atoms with Crippen LogP contribution in [0.25, 0.3) is 0 Å². The molecule has 0 aliphatic heterocycles. The molecule has 0 unspecified atom stereocenters. The number of hydrogen-bond donors (Lipinski definition) is 2. The van der Waals surface area contributed by atoms with Gasteiger partial charge in [0.05, 0.1) is 24.9 Å². The number of methoxy groups -OCH3 is 1. The molecule has 2 amide bonds. The topological polar surface area (TPSA) is 111 Å². The zero-order valence-electron chi connectivity index (χ0n) is 20.6. The summed E-state index contributed by atoms with van der Waals surface area (Å²) >= 11 is 0. The molecule has 0 saturated heterocycles. The highest BCUT2D eigenvalue weighted by Gasteiger charge is 2.21. The smallest absolute Gasteiger partial charge is 0.339 e. The Labute approximate surface area is 209 Å². The van der Waals surface area contributed by atoms with Crippen LogP contribution in [0, 0.1) is 20.8 Å². The maximum absolute atomic E-state index is 13.1. The monoisotopic (exact) mass is 488 g/mol. The van der Waals surface area contributed by atoms with Crippen molar-refractivity contribution in [3.8, 4) is 5.75 Å². The minimum atomic E-state index is -0.812. The number of esters is 1. The third-order valence-electron chi connectivity index (χ3n) is 5.44. The number of carbonyl (C=O) groups is 4. The Morgan fingerprint density at radius 2 is 1.44 bits per heavy atom. The fourth-order valence-corrected chi connectivity index (χ4v) is 3.54. The number of carbonyl (C=O) groups excluding carboxylic acids is 4. The number of nitrogens with one attached hydrogen (secondary N) is 2. The van der Waals surface area contributed by atoms with Crippen molar-refractivity contribution in [1.82, 2.24) is 5.32 Å². The van der Waals surface area contributed by atoms with Crippen molar-refractivity contribution in [2.75, 3.05) is 25.6 Å². The van der Waals surface area contributed by atoms with Gasteiger partial charge in [-0.05, 0) is 56.2 Å². The van der Waals surface area contributed by atoms with E-state index in [0.29, 0.717) is 17.0 Å². The van der Waals surface area contributed by atoms with Crippen molar-refractivity contribution in [3.05, 3.63) is 94.0 Å². The summed E-state index contributed by atoms with van der Waals surface area (Å²) in [4.78, 5) is 50.2. The lowest BCUT2D eigenvalue weighted by molar-refractivity contribution is -0.126. The second-order valence-electron chi connectivity index (χ2n) is 8.30. The molecular weight excluding hydrogens is 460 g/mol. The lowest BCUT2D eigenvalue weighted by Crippen LogP contribution is -2.35. The summed E-state index contributed by atoms with van der Waals surface area (Å²) in [5.41, 5.74) is 3.85. The molecule has 8 nitrogen and oxygen atoms in total. The number of rotatable bonds is 9. The first kappa shape index (κ1) is 26.2. The Morgan fingerprint density at radius 3 is 2.17 bits per heavy atom. The number of anilines is 1. The Balaban J connectivity index is 1.58. The maximum atomic E-state index is 13.1. The molecule has 0 aromatic heterocycles. The van der Waals surface area contributed by atoms with Crippen LogP contribution in [0.5, 0.6) is 5.75 Å². The van der Waals surface area contributed by atoms with Gasteiger partial charge in [-0.2, -0.15) is 0 Å². The number of ether oxygens (including phenoxy) is 2. The van der Waals surface area contributed by atoms with Crippen molar-refractivity contribution in [1.29, 1.82) is 0 Å². The lowest BCUT2D eigenvalue weighted by atomic mass is 9.94. The first-order valence-corrected chi connectivity index (χ1v) is 11.3. The molecule has 186 valence electrons. The second kappa shape index (κ2) is 11.8.